The second kappa shape index (κ2) is 8.48. The molecule has 25 heavy (non-hydrogen) atoms. The fourth-order valence-electron chi connectivity index (χ4n) is 3.46. The number of nitrogens with one attached hydrogen (secondary N) is 1. The molecule has 0 aliphatic carbocycles. The normalized spacial score (nSPS) is 23.0. The van der Waals surface area contributed by atoms with E-state index in [9.17, 15) is 8.42 Å². The van der Waals surface area contributed by atoms with Gasteiger partial charge in [-0.3, -0.25) is 4.90 Å². The first-order valence-electron chi connectivity index (χ1n) is 8.64. The summed E-state index contributed by atoms with van der Waals surface area (Å²) in [6.45, 7) is 2.64. The van der Waals surface area contributed by atoms with E-state index in [1.165, 1.54) is 37.2 Å². The van der Waals surface area contributed by atoms with Gasteiger partial charge in [-0.25, -0.2) is 13.1 Å². The summed E-state index contributed by atoms with van der Waals surface area (Å²) in [4.78, 5) is 2.76. The molecule has 1 unspecified atom stereocenters. The van der Waals surface area contributed by atoms with Gasteiger partial charge in [-0.2, -0.15) is 11.8 Å². The number of hydrogen-bond acceptors (Lipinski definition) is 5. The van der Waals surface area contributed by atoms with Gasteiger partial charge in [-0.1, -0.05) is 11.6 Å². The summed E-state index contributed by atoms with van der Waals surface area (Å²) in [5.74, 6) is 3.39. The monoisotopic (exact) mass is 404 g/mol. The Morgan fingerprint density at radius 2 is 2.08 bits per heavy atom. The summed E-state index contributed by atoms with van der Waals surface area (Å²) in [6.07, 6.45) is 3.39. The molecule has 0 bridgehead atoms. The Labute approximate surface area is 159 Å². The fourth-order valence-corrected chi connectivity index (χ4v) is 6.18. The van der Waals surface area contributed by atoms with Crippen LogP contribution in [0.15, 0.2) is 23.1 Å². The van der Waals surface area contributed by atoms with Gasteiger partial charge in [-0.15, -0.1) is 0 Å². The van der Waals surface area contributed by atoms with Crippen LogP contribution in [0.4, 0.5) is 0 Å². The van der Waals surface area contributed by atoms with Gasteiger partial charge in [0.2, 0.25) is 10.0 Å². The van der Waals surface area contributed by atoms with Gasteiger partial charge in [-0.05, 0) is 62.2 Å². The van der Waals surface area contributed by atoms with Crippen molar-refractivity contribution in [1.29, 1.82) is 0 Å². The molecule has 0 spiro atoms. The minimum atomic E-state index is -3.54. The van der Waals surface area contributed by atoms with Crippen molar-refractivity contribution in [2.75, 3.05) is 38.2 Å². The Kier molecular flexibility index (Phi) is 6.55. The van der Waals surface area contributed by atoms with E-state index in [0.717, 1.165) is 32.0 Å². The highest BCUT2D eigenvalue weighted by Gasteiger charge is 2.28. The van der Waals surface area contributed by atoms with Crippen LogP contribution in [0.25, 0.3) is 0 Å². The number of likely N-dealkylation sites (tertiary alicyclic amines) is 1. The van der Waals surface area contributed by atoms with E-state index in [1.54, 1.807) is 6.07 Å². The lowest BCUT2D eigenvalue weighted by molar-refractivity contribution is 0.145. The van der Waals surface area contributed by atoms with E-state index in [4.69, 9.17) is 16.3 Å². The van der Waals surface area contributed by atoms with E-state index >= 15 is 0 Å². The van der Waals surface area contributed by atoms with E-state index in [0.29, 0.717) is 23.2 Å². The minimum absolute atomic E-state index is 0.179. The van der Waals surface area contributed by atoms with Gasteiger partial charge in [0.25, 0.3) is 0 Å². The molecule has 1 aromatic rings. The zero-order valence-corrected chi connectivity index (χ0v) is 16.8. The standard InChI is InChI=1S/C17H25ClN2O3S2/c1-23-17-3-2-15(10-16(17)18)25(21,22)19-11-13-4-7-20(8-5-13)14-6-9-24-12-14/h2-3,10,13-14,19H,4-9,11-12H2,1H3. The van der Waals surface area contributed by atoms with Gasteiger partial charge in [0.1, 0.15) is 5.75 Å². The largest absolute Gasteiger partial charge is 0.495 e. The molecule has 2 aliphatic heterocycles. The molecule has 0 aromatic heterocycles. The third kappa shape index (κ3) is 4.83. The smallest absolute Gasteiger partial charge is 0.240 e. The number of piperidine rings is 1. The summed E-state index contributed by atoms with van der Waals surface area (Å²) >= 11 is 8.08. The number of ether oxygens (including phenoxy) is 1. The van der Waals surface area contributed by atoms with E-state index < -0.39 is 10.0 Å². The highest BCUT2D eigenvalue weighted by atomic mass is 35.5. The first-order chi connectivity index (χ1) is 12.0. The number of nitrogens with zero attached hydrogens (tertiary/aromatic N) is 1. The molecule has 1 aromatic carbocycles. The van der Waals surface area contributed by atoms with E-state index in [2.05, 4.69) is 9.62 Å². The molecule has 140 valence electrons. The molecule has 1 N–H and O–H groups in total. The van der Waals surface area contributed by atoms with Crippen LogP contribution in [0.2, 0.25) is 5.02 Å². The number of rotatable bonds is 6. The summed E-state index contributed by atoms with van der Waals surface area (Å²) in [6, 6.07) is 5.26. The highest BCUT2D eigenvalue weighted by molar-refractivity contribution is 7.99. The molecule has 0 radical (unpaired) electrons. The number of hydrogen-bond donors (Lipinski definition) is 1. The molecule has 0 amide bonds. The van der Waals surface area contributed by atoms with Crippen molar-refractivity contribution in [2.24, 2.45) is 5.92 Å². The molecule has 1 atom stereocenters. The molecule has 3 rings (SSSR count). The molecule has 0 saturated carbocycles. The minimum Gasteiger partial charge on any atom is -0.495 e. The Hall–Kier alpha value is -0.470. The third-order valence-electron chi connectivity index (χ3n) is 5.07. The summed E-state index contributed by atoms with van der Waals surface area (Å²) in [7, 11) is -2.04. The first kappa shape index (κ1) is 19.3. The Balaban J connectivity index is 1.52. The zero-order chi connectivity index (χ0) is 17.9. The van der Waals surface area contributed by atoms with Crippen LogP contribution < -0.4 is 9.46 Å². The number of methoxy groups -OCH3 is 1. The second-order valence-corrected chi connectivity index (χ2v) is 9.97. The van der Waals surface area contributed by atoms with Crippen LogP contribution in [0, 0.1) is 5.92 Å². The molecule has 5 nitrogen and oxygen atoms in total. The number of sulfonamides is 1. The van der Waals surface area contributed by atoms with Crippen LogP contribution in [-0.2, 0) is 10.0 Å². The lowest BCUT2D eigenvalue weighted by atomic mass is 9.96. The summed E-state index contributed by atoms with van der Waals surface area (Å²) < 4.78 is 32.8. The maximum atomic E-state index is 12.5. The van der Waals surface area contributed by atoms with Gasteiger partial charge in [0.15, 0.2) is 0 Å². The van der Waals surface area contributed by atoms with Crippen molar-refractivity contribution in [2.45, 2.75) is 30.2 Å². The lowest BCUT2D eigenvalue weighted by Crippen LogP contribution is -2.43. The molecule has 2 aliphatic rings. The molecule has 2 fully saturated rings. The van der Waals surface area contributed by atoms with Gasteiger partial charge in [0.05, 0.1) is 17.0 Å². The van der Waals surface area contributed by atoms with Crippen molar-refractivity contribution in [3.05, 3.63) is 23.2 Å². The SMILES string of the molecule is COc1ccc(S(=O)(=O)NCC2CCN(C3CCSC3)CC2)cc1Cl. The molecular weight excluding hydrogens is 380 g/mol. The quantitative estimate of drug-likeness (QED) is 0.790. The van der Waals surface area contributed by atoms with Crippen molar-refractivity contribution < 1.29 is 13.2 Å². The van der Waals surface area contributed by atoms with Crippen LogP contribution in [0.3, 0.4) is 0 Å². The van der Waals surface area contributed by atoms with Crippen LogP contribution in [-0.4, -0.2) is 57.6 Å². The maximum absolute atomic E-state index is 12.5. The molecular formula is C17H25ClN2O3S2. The number of thioether (sulfide) groups is 1. The van der Waals surface area contributed by atoms with Gasteiger partial charge < -0.3 is 4.74 Å². The Bertz CT molecular complexity index is 685. The molecule has 2 saturated heterocycles. The summed E-state index contributed by atoms with van der Waals surface area (Å²) in [5.41, 5.74) is 0. The molecule has 2 heterocycles. The van der Waals surface area contributed by atoms with Crippen molar-refractivity contribution in [1.82, 2.24) is 9.62 Å². The lowest BCUT2D eigenvalue weighted by Gasteiger charge is -2.35. The van der Waals surface area contributed by atoms with E-state index in [-0.39, 0.29) is 4.90 Å². The maximum Gasteiger partial charge on any atom is 0.240 e. The van der Waals surface area contributed by atoms with E-state index in [1.807, 2.05) is 11.8 Å². The van der Waals surface area contributed by atoms with Crippen LogP contribution in [0.5, 0.6) is 5.75 Å². The highest BCUT2D eigenvalue weighted by Crippen LogP contribution is 2.28. The third-order valence-corrected chi connectivity index (χ3v) is 7.93. The zero-order valence-electron chi connectivity index (χ0n) is 14.4. The first-order valence-corrected chi connectivity index (χ1v) is 11.7. The Morgan fingerprint density at radius 3 is 2.68 bits per heavy atom. The average Bonchev–Trinajstić information content (AvgIpc) is 3.15. The van der Waals surface area contributed by atoms with Crippen molar-refractivity contribution >= 4 is 33.4 Å². The molecule has 8 heteroatoms. The fraction of sp³-hybridized carbons (Fsp3) is 0.647. The van der Waals surface area contributed by atoms with Crippen LogP contribution in [0.1, 0.15) is 19.3 Å². The topological polar surface area (TPSA) is 58.6 Å². The van der Waals surface area contributed by atoms with Gasteiger partial charge in [0, 0.05) is 18.3 Å². The average molecular weight is 405 g/mol. The van der Waals surface area contributed by atoms with Crippen molar-refractivity contribution in [3.63, 3.8) is 0 Å². The van der Waals surface area contributed by atoms with Gasteiger partial charge >= 0.3 is 0 Å². The second-order valence-electron chi connectivity index (χ2n) is 6.65. The number of benzene rings is 1. The van der Waals surface area contributed by atoms with Crippen molar-refractivity contribution in [3.8, 4) is 5.75 Å². The van der Waals surface area contributed by atoms with Crippen LogP contribution >= 0.6 is 23.4 Å². The predicted molar refractivity (Wildman–Crippen MR) is 103 cm³/mol. The Morgan fingerprint density at radius 1 is 1.32 bits per heavy atom. The summed E-state index contributed by atoms with van der Waals surface area (Å²) in [5, 5.41) is 0.299. The predicted octanol–water partition coefficient (Wildman–Crippen LogP) is 2.84. The number of halogens is 1.